The Morgan fingerprint density at radius 3 is 2.59 bits per heavy atom. The average Bonchev–Trinajstić information content (AvgIpc) is 3.00. The maximum absolute atomic E-state index is 8.65. The lowest BCUT2D eigenvalue weighted by molar-refractivity contribution is 1.33. The third kappa shape index (κ3) is 2.62. The third-order valence-corrected chi connectivity index (χ3v) is 3.04. The average molecular weight is 286 g/mol. The van der Waals surface area contributed by atoms with E-state index in [2.05, 4.69) is 20.5 Å². The van der Waals surface area contributed by atoms with Crippen LogP contribution in [0.25, 0.3) is 22.4 Å². The molecular weight excluding hydrogens is 276 g/mol. The Hall–Kier alpha value is -3.64. The standard InChI is InChI=1S/C16H10N6/c17-9-13(10-18)22-21-12-6-7-14-15(8-12)20-16(19-14)11-4-2-1-3-5-11/h1-8,21H,(H,19,20). The summed E-state index contributed by atoms with van der Waals surface area (Å²) in [7, 11) is 0. The number of hydrogen-bond donors (Lipinski definition) is 2. The van der Waals surface area contributed by atoms with Crippen molar-refractivity contribution in [2.24, 2.45) is 5.10 Å². The lowest BCUT2D eigenvalue weighted by Gasteiger charge is -1.98. The van der Waals surface area contributed by atoms with Crippen molar-refractivity contribution in [1.82, 2.24) is 9.97 Å². The number of rotatable bonds is 3. The van der Waals surface area contributed by atoms with Gasteiger partial charge >= 0.3 is 0 Å². The highest BCUT2D eigenvalue weighted by atomic mass is 15.3. The van der Waals surface area contributed by atoms with Crippen LogP contribution < -0.4 is 5.43 Å². The number of fused-ring (bicyclic) bond motifs is 1. The van der Waals surface area contributed by atoms with Crippen molar-refractivity contribution in [2.45, 2.75) is 0 Å². The molecule has 0 saturated heterocycles. The molecule has 0 saturated carbocycles. The van der Waals surface area contributed by atoms with Gasteiger partial charge in [-0.1, -0.05) is 30.3 Å². The molecule has 0 unspecified atom stereocenters. The number of nitrogens with zero attached hydrogens (tertiary/aromatic N) is 4. The summed E-state index contributed by atoms with van der Waals surface area (Å²) in [4.78, 5) is 7.77. The highest BCUT2D eigenvalue weighted by Gasteiger charge is 2.05. The van der Waals surface area contributed by atoms with E-state index in [1.165, 1.54) is 0 Å². The summed E-state index contributed by atoms with van der Waals surface area (Å²) in [6.45, 7) is 0. The van der Waals surface area contributed by atoms with E-state index in [1.54, 1.807) is 18.2 Å². The van der Waals surface area contributed by atoms with Gasteiger partial charge in [-0.2, -0.15) is 15.6 Å². The molecule has 0 aliphatic rings. The van der Waals surface area contributed by atoms with Gasteiger partial charge in [-0.15, -0.1) is 0 Å². The van der Waals surface area contributed by atoms with Crippen LogP contribution >= 0.6 is 0 Å². The lowest BCUT2D eigenvalue weighted by atomic mass is 10.2. The minimum atomic E-state index is -0.227. The van der Waals surface area contributed by atoms with Crippen LogP contribution in [0.4, 0.5) is 5.69 Å². The van der Waals surface area contributed by atoms with Crippen LogP contribution in [0.1, 0.15) is 0 Å². The van der Waals surface area contributed by atoms with E-state index in [-0.39, 0.29) is 5.71 Å². The zero-order valence-electron chi connectivity index (χ0n) is 11.4. The maximum atomic E-state index is 8.65. The van der Waals surface area contributed by atoms with Crippen LogP contribution in [0.3, 0.4) is 0 Å². The summed E-state index contributed by atoms with van der Waals surface area (Å²) in [5, 5.41) is 21.0. The van der Waals surface area contributed by atoms with Crippen molar-refractivity contribution in [2.75, 3.05) is 5.43 Å². The molecule has 1 aromatic heterocycles. The van der Waals surface area contributed by atoms with Crippen LogP contribution in [-0.2, 0) is 0 Å². The number of benzene rings is 2. The highest BCUT2D eigenvalue weighted by Crippen LogP contribution is 2.22. The topological polar surface area (TPSA) is 101 Å². The Morgan fingerprint density at radius 2 is 1.86 bits per heavy atom. The van der Waals surface area contributed by atoms with Crippen molar-refractivity contribution in [1.29, 1.82) is 10.5 Å². The van der Waals surface area contributed by atoms with Gasteiger partial charge in [-0.3, -0.25) is 5.43 Å². The quantitative estimate of drug-likeness (QED) is 0.570. The SMILES string of the molecule is N#CC(C#N)=NNc1ccc2nc(-c3ccccc3)[nH]c2c1. The molecule has 0 fully saturated rings. The smallest absolute Gasteiger partial charge is 0.237 e. The van der Waals surface area contributed by atoms with Gasteiger partial charge in [0.15, 0.2) is 0 Å². The fraction of sp³-hybridized carbons (Fsp3) is 0. The zero-order chi connectivity index (χ0) is 15.4. The predicted octanol–water partition coefficient (Wildman–Crippen LogP) is 3.04. The molecule has 3 aromatic rings. The molecule has 0 aliphatic heterocycles. The summed E-state index contributed by atoms with van der Waals surface area (Å²) in [6, 6.07) is 18.7. The van der Waals surface area contributed by atoms with E-state index < -0.39 is 0 Å². The van der Waals surface area contributed by atoms with E-state index in [9.17, 15) is 0 Å². The van der Waals surface area contributed by atoms with Crippen LogP contribution in [0.15, 0.2) is 53.6 Å². The van der Waals surface area contributed by atoms with Gasteiger partial charge in [0, 0.05) is 5.56 Å². The fourth-order valence-electron chi connectivity index (χ4n) is 2.01. The van der Waals surface area contributed by atoms with Crippen molar-refractivity contribution in [3.05, 3.63) is 48.5 Å². The van der Waals surface area contributed by atoms with Gasteiger partial charge < -0.3 is 4.98 Å². The molecule has 0 radical (unpaired) electrons. The minimum absolute atomic E-state index is 0.227. The first-order chi connectivity index (χ1) is 10.8. The molecule has 1 heterocycles. The zero-order valence-corrected chi connectivity index (χ0v) is 11.4. The number of imidazole rings is 1. The first-order valence-corrected chi connectivity index (χ1v) is 6.49. The normalized spacial score (nSPS) is 9.73. The summed E-state index contributed by atoms with van der Waals surface area (Å²) in [5.41, 5.74) is 5.79. The summed E-state index contributed by atoms with van der Waals surface area (Å²) >= 11 is 0. The molecule has 2 aromatic carbocycles. The summed E-state index contributed by atoms with van der Waals surface area (Å²) in [5.74, 6) is 0.783. The van der Waals surface area contributed by atoms with Gasteiger partial charge in [0.25, 0.3) is 0 Å². The van der Waals surface area contributed by atoms with Gasteiger partial charge in [0.1, 0.15) is 18.0 Å². The monoisotopic (exact) mass is 286 g/mol. The second-order valence-corrected chi connectivity index (χ2v) is 4.48. The van der Waals surface area contributed by atoms with Gasteiger partial charge in [0.05, 0.1) is 16.7 Å². The van der Waals surface area contributed by atoms with E-state index in [1.807, 2.05) is 42.5 Å². The van der Waals surface area contributed by atoms with Gasteiger partial charge in [0.2, 0.25) is 5.71 Å². The molecule has 3 rings (SSSR count). The van der Waals surface area contributed by atoms with E-state index >= 15 is 0 Å². The number of nitriles is 2. The van der Waals surface area contributed by atoms with Gasteiger partial charge in [-0.05, 0) is 18.2 Å². The number of nitrogens with one attached hydrogen (secondary N) is 2. The second-order valence-electron chi connectivity index (χ2n) is 4.48. The molecule has 0 spiro atoms. The fourth-order valence-corrected chi connectivity index (χ4v) is 2.01. The molecular formula is C16H10N6. The molecule has 0 aliphatic carbocycles. The van der Waals surface area contributed by atoms with Crippen LogP contribution in [0, 0.1) is 22.7 Å². The highest BCUT2D eigenvalue weighted by molar-refractivity contribution is 6.10. The van der Waals surface area contributed by atoms with Crippen molar-refractivity contribution < 1.29 is 0 Å². The summed E-state index contributed by atoms with van der Waals surface area (Å²) < 4.78 is 0. The number of hydrogen-bond acceptors (Lipinski definition) is 5. The summed E-state index contributed by atoms with van der Waals surface area (Å²) in [6.07, 6.45) is 0. The van der Waals surface area contributed by atoms with Gasteiger partial charge in [-0.25, -0.2) is 4.98 Å². The molecule has 0 amide bonds. The molecule has 22 heavy (non-hydrogen) atoms. The number of anilines is 1. The Morgan fingerprint density at radius 1 is 1.09 bits per heavy atom. The maximum Gasteiger partial charge on any atom is 0.237 e. The number of aromatic nitrogens is 2. The van der Waals surface area contributed by atoms with Crippen LogP contribution in [0.5, 0.6) is 0 Å². The van der Waals surface area contributed by atoms with E-state index in [0.29, 0.717) is 5.69 Å². The molecule has 2 N–H and O–H groups in total. The Balaban J connectivity index is 1.93. The van der Waals surface area contributed by atoms with E-state index in [0.717, 1.165) is 22.4 Å². The lowest BCUT2D eigenvalue weighted by Crippen LogP contribution is -1.96. The predicted molar refractivity (Wildman–Crippen MR) is 83.8 cm³/mol. The second kappa shape index (κ2) is 5.78. The number of hydrazone groups is 1. The first-order valence-electron chi connectivity index (χ1n) is 6.49. The van der Waals surface area contributed by atoms with Crippen molar-refractivity contribution >= 4 is 22.4 Å². The number of aromatic amines is 1. The van der Waals surface area contributed by atoms with Crippen molar-refractivity contribution in [3.63, 3.8) is 0 Å². The van der Waals surface area contributed by atoms with Crippen LogP contribution in [0.2, 0.25) is 0 Å². The minimum Gasteiger partial charge on any atom is -0.338 e. The van der Waals surface area contributed by atoms with Crippen molar-refractivity contribution in [3.8, 4) is 23.5 Å². The molecule has 6 nitrogen and oxygen atoms in total. The molecule has 0 bridgehead atoms. The Labute approximate surface area is 126 Å². The number of H-pyrrole nitrogens is 1. The Kier molecular flexibility index (Phi) is 3.51. The molecule has 6 heteroatoms. The molecule has 104 valence electrons. The van der Waals surface area contributed by atoms with E-state index in [4.69, 9.17) is 10.5 Å². The largest absolute Gasteiger partial charge is 0.338 e. The first kappa shape index (κ1) is 13.3. The Bertz CT molecular complexity index is 909. The third-order valence-electron chi connectivity index (χ3n) is 3.04. The van der Waals surface area contributed by atoms with Crippen LogP contribution in [-0.4, -0.2) is 15.7 Å². The molecule has 0 atom stereocenters.